The van der Waals surface area contributed by atoms with Crippen LogP contribution in [0, 0.1) is 0 Å². The van der Waals surface area contributed by atoms with Crippen LogP contribution in [-0.2, 0) is 0 Å². The molecule has 5 nitrogen and oxygen atoms in total. The average molecular weight is 350 g/mol. The minimum atomic E-state index is 0.502. The molecule has 6 heteroatoms. The number of rotatable bonds is 7. The molecule has 0 aliphatic carbocycles. The zero-order valence-electron chi connectivity index (χ0n) is 15.2. The molecule has 0 spiro atoms. The van der Waals surface area contributed by atoms with Gasteiger partial charge in [-0.1, -0.05) is 18.2 Å². The molecule has 2 rings (SSSR count). The Balaban J connectivity index is 1.71. The van der Waals surface area contributed by atoms with Gasteiger partial charge in [0.1, 0.15) is 0 Å². The standard InChI is InChI=1S/C18H31N5S/c1-16(15-21-18(19-2)20-9-14-24-3)22-10-12-23(13-11-22)17-7-5-4-6-8-17/h4-8,16H,9-15H2,1-3H3,(H2,19,20,21). The maximum atomic E-state index is 4.29. The van der Waals surface area contributed by atoms with Gasteiger partial charge in [0.05, 0.1) is 0 Å². The molecule has 0 amide bonds. The van der Waals surface area contributed by atoms with Crippen molar-refractivity contribution >= 4 is 23.4 Å². The average Bonchev–Trinajstić information content (AvgIpc) is 2.65. The van der Waals surface area contributed by atoms with E-state index in [1.165, 1.54) is 5.69 Å². The molecule has 1 unspecified atom stereocenters. The van der Waals surface area contributed by atoms with E-state index in [4.69, 9.17) is 0 Å². The molecule has 1 aliphatic rings. The van der Waals surface area contributed by atoms with E-state index < -0.39 is 0 Å². The number of para-hydroxylation sites is 1. The van der Waals surface area contributed by atoms with Crippen molar-refractivity contribution in [2.24, 2.45) is 4.99 Å². The quantitative estimate of drug-likeness (QED) is 0.446. The normalized spacial score (nSPS) is 17.6. The molecular formula is C18H31N5S. The van der Waals surface area contributed by atoms with Crippen LogP contribution in [0.25, 0.3) is 0 Å². The lowest BCUT2D eigenvalue weighted by molar-refractivity contribution is 0.197. The summed E-state index contributed by atoms with van der Waals surface area (Å²) in [5, 5.41) is 6.79. The third-order valence-corrected chi connectivity index (χ3v) is 5.06. The Bertz CT molecular complexity index is 485. The molecule has 1 aromatic rings. The van der Waals surface area contributed by atoms with E-state index >= 15 is 0 Å². The van der Waals surface area contributed by atoms with Crippen molar-refractivity contribution in [3.8, 4) is 0 Å². The highest BCUT2D eigenvalue weighted by molar-refractivity contribution is 7.98. The van der Waals surface area contributed by atoms with Crippen LogP contribution in [-0.4, -0.2) is 75.2 Å². The highest BCUT2D eigenvalue weighted by atomic mass is 32.2. The van der Waals surface area contributed by atoms with Gasteiger partial charge in [0, 0.05) is 63.8 Å². The van der Waals surface area contributed by atoms with E-state index in [1.807, 2.05) is 18.8 Å². The summed E-state index contributed by atoms with van der Waals surface area (Å²) in [4.78, 5) is 9.32. The van der Waals surface area contributed by atoms with Crippen molar-refractivity contribution in [2.45, 2.75) is 13.0 Å². The lowest BCUT2D eigenvalue weighted by Crippen LogP contribution is -2.53. The lowest BCUT2D eigenvalue weighted by atomic mass is 10.2. The van der Waals surface area contributed by atoms with Crippen LogP contribution in [0.5, 0.6) is 0 Å². The summed E-state index contributed by atoms with van der Waals surface area (Å²) in [6.45, 7) is 8.56. The summed E-state index contributed by atoms with van der Waals surface area (Å²) in [5.41, 5.74) is 1.33. The second kappa shape index (κ2) is 10.5. The predicted molar refractivity (Wildman–Crippen MR) is 107 cm³/mol. The van der Waals surface area contributed by atoms with Gasteiger partial charge in [0.2, 0.25) is 0 Å². The molecule has 2 N–H and O–H groups in total. The molecule has 0 bridgehead atoms. The third-order valence-electron chi connectivity index (χ3n) is 4.45. The number of piperazine rings is 1. The topological polar surface area (TPSA) is 42.9 Å². The van der Waals surface area contributed by atoms with Crippen molar-refractivity contribution in [1.29, 1.82) is 0 Å². The molecule has 1 saturated heterocycles. The minimum absolute atomic E-state index is 0.502. The largest absolute Gasteiger partial charge is 0.369 e. The summed E-state index contributed by atoms with van der Waals surface area (Å²) in [5.74, 6) is 2.00. The van der Waals surface area contributed by atoms with Crippen LogP contribution in [0.3, 0.4) is 0 Å². The number of anilines is 1. The first-order valence-electron chi connectivity index (χ1n) is 8.72. The van der Waals surface area contributed by atoms with Crippen LogP contribution >= 0.6 is 11.8 Å². The number of aliphatic imine (C=N–C) groups is 1. The van der Waals surface area contributed by atoms with E-state index in [-0.39, 0.29) is 0 Å². The Morgan fingerprint density at radius 2 is 1.88 bits per heavy atom. The van der Waals surface area contributed by atoms with Gasteiger partial charge in [-0.25, -0.2) is 0 Å². The van der Waals surface area contributed by atoms with Crippen LogP contribution in [0.15, 0.2) is 35.3 Å². The van der Waals surface area contributed by atoms with E-state index in [2.05, 4.69) is 68.9 Å². The van der Waals surface area contributed by atoms with E-state index in [0.29, 0.717) is 6.04 Å². The molecule has 1 aromatic carbocycles. The molecule has 1 fully saturated rings. The van der Waals surface area contributed by atoms with E-state index in [1.54, 1.807) is 0 Å². The monoisotopic (exact) mass is 349 g/mol. The fourth-order valence-electron chi connectivity index (χ4n) is 2.93. The smallest absolute Gasteiger partial charge is 0.191 e. The first-order valence-corrected chi connectivity index (χ1v) is 10.1. The summed E-state index contributed by atoms with van der Waals surface area (Å²) in [7, 11) is 1.83. The maximum Gasteiger partial charge on any atom is 0.191 e. The van der Waals surface area contributed by atoms with Crippen LogP contribution in [0.4, 0.5) is 5.69 Å². The lowest BCUT2D eigenvalue weighted by Gasteiger charge is -2.39. The number of nitrogens with one attached hydrogen (secondary N) is 2. The molecule has 1 atom stereocenters. The summed E-state index contributed by atoms with van der Waals surface area (Å²) in [6.07, 6.45) is 2.12. The minimum Gasteiger partial charge on any atom is -0.369 e. The number of benzene rings is 1. The molecule has 0 radical (unpaired) electrons. The van der Waals surface area contributed by atoms with Crippen molar-refractivity contribution < 1.29 is 0 Å². The predicted octanol–water partition coefficient (Wildman–Crippen LogP) is 1.73. The second-order valence-corrected chi connectivity index (χ2v) is 7.07. The fraction of sp³-hybridized carbons (Fsp3) is 0.611. The zero-order chi connectivity index (χ0) is 17.2. The second-order valence-electron chi connectivity index (χ2n) is 6.08. The van der Waals surface area contributed by atoms with E-state index in [0.717, 1.165) is 51.0 Å². The van der Waals surface area contributed by atoms with E-state index in [9.17, 15) is 0 Å². The van der Waals surface area contributed by atoms with Crippen molar-refractivity contribution in [3.63, 3.8) is 0 Å². The Labute approximate surface area is 150 Å². The number of nitrogens with zero attached hydrogens (tertiary/aromatic N) is 3. The fourth-order valence-corrected chi connectivity index (χ4v) is 3.23. The van der Waals surface area contributed by atoms with Crippen molar-refractivity contribution in [2.75, 3.05) is 63.2 Å². The zero-order valence-corrected chi connectivity index (χ0v) is 16.0. The number of hydrogen-bond acceptors (Lipinski definition) is 4. The third kappa shape index (κ3) is 5.91. The van der Waals surface area contributed by atoms with Gasteiger partial charge in [-0.05, 0) is 25.3 Å². The number of hydrogen-bond donors (Lipinski definition) is 2. The van der Waals surface area contributed by atoms with Crippen molar-refractivity contribution in [3.05, 3.63) is 30.3 Å². The van der Waals surface area contributed by atoms with Gasteiger partial charge in [0.25, 0.3) is 0 Å². The van der Waals surface area contributed by atoms with Gasteiger partial charge in [-0.2, -0.15) is 11.8 Å². The highest BCUT2D eigenvalue weighted by Gasteiger charge is 2.21. The van der Waals surface area contributed by atoms with Crippen LogP contribution in [0.1, 0.15) is 6.92 Å². The summed E-state index contributed by atoms with van der Waals surface area (Å²) in [6, 6.07) is 11.2. The van der Waals surface area contributed by atoms with Gasteiger partial charge in [0.15, 0.2) is 5.96 Å². The molecular weight excluding hydrogens is 318 g/mol. The molecule has 1 aliphatic heterocycles. The molecule has 1 heterocycles. The summed E-state index contributed by atoms with van der Waals surface area (Å²) >= 11 is 1.84. The van der Waals surface area contributed by atoms with Crippen LogP contribution < -0.4 is 15.5 Å². The molecule has 134 valence electrons. The maximum absolute atomic E-state index is 4.29. The first kappa shape index (κ1) is 18.9. The van der Waals surface area contributed by atoms with Crippen LogP contribution in [0.2, 0.25) is 0 Å². The summed E-state index contributed by atoms with van der Waals surface area (Å²) < 4.78 is 0. The van der Waals surface area contributed by atoms with Gasteiger partial charge < -0.3 is 15.5 Å². The number of guanidine groups is 1. The molecule has 0 saturated carbocycles. The Morgan fingerprint density at radius 3 is 2.50 bits per heavy atom. The Morgan fingerprint density at radius 1 is 1.17 bits per heavy atom. The number of thioether (sulfide) groups is 1. The molecule has 24 heavy (non-hydrogen) atoms. The molecule has 0 aromatic heterocycles. The SMILES string of the molecule is CN=C(NCCSC)NCC(C)N1CCN(c2ccccc2)CC1. The van der Waals surface area contributed by atoms with Crippen molar-refractivity contribution in [1.82, 2.24) is 15.5 Å². The van der Waals surface area contributed by atoms with Gasteiger partial charge in [-0.3, -0.25) is 9.89 Å². The Hall–Kier alpha value is -1.40. The van der Waals surface area contributed by atoms with Gasteiger partial charge in [-0.15, -0.1) is 0 Å². The highest BCUT2D eigenvalue weighted by Crippen LogP contribution is 2.16. The van der Waals surface area contributed by atoms with Gasteiger partial charge >= 0.3 is 0 Å². The first-order chi connectivity index (χ1) is 11.7. The Kier molecular flexibility index (Phi) is 8.25.